The molecule has 0 unspecified atom stereocenters. The standard InChI is InChI=1S/C26H21I2NO3/c1-2-3-13-31-24-21(27)14-17(15-22(24)28)16-23-26(30)32-25(29-23)20-11-9-19(10-12-20)18-7-5-4-6-8-18/h4-12,14-16H,2-3,13H2,1H3/b23-16-. The lowest BCUT2D eigenvalue weighted by Crippen LogP contribution is -2.05. The van der Waals surface area contributed by atoms with E-state index >= 15 is 0 Å². The second-order valence-corrected chi connectivity index (χ2v) is 9.62. The Hall–Kier alpha value is -2.20. The lowest BCUT2D eigenvalue weighted by Gasteiger charge is -2.11. The molecule has 0 spiro atoms. The van der Waals surface area contributed by atoms with Crippen LogP contribution < -0.4 is 4.74 Å². The fourth-order valence-corrected chi connectivity index (χ4v) is 5.37. The Kier molecular flexibility index (Phi) is 7.62. The number of cyclic esters (lactones) is 1. The third-order valence-corrected chi connectivity index (χ3v) is 6.53. The van der Waals surface area contributed by atoms with Gasteiger partial charge < -0.3 is 9.47 Å². The molecule has 0 saturated carbocycles. The van der Waals surface area contributed by atoms with Crippen LogP contribution in [0.4, 0.5) is 0 Å². The van der Waals surface area contributed by atoms with Gasteiger partial charge in [0, 0.05) is 5.56 Å². The lowest BCUT2D eigenvalue weighted by molar-refractivity contribution is -0.129. The van der Waals surface area contributed by atoms with E-state index in [1.54, 1.807) is 6.08 Å². The first-order chi connectivity index (χ1) is 15.5. The molecule has 3 aromatic carbocycles. The van der Waals surface area contributed by atoms with Gasteiger partial charge in [-0.3, -0.25) is 0 Å². The summed E-state index contributed by atoms with van der Waals surface area (Å²) in [6.45, 7) is 2.84. The van der Waals surface area contributed by atoms with Crippen LogP contribution in [0.5, 0.6) is 5.75 Å². The maximum atomic E-state index is 12.4. The predicted molar refractivity (Wildman–Crippen MR) is 145 cm³/mol. The van der Waals surface area contributed by atoms with Crippen molar-refractivity contribution in [2.75, 3.05) is 6.61 Å². The number of hydrogen-bond donors (Lipinski definition) is 0. The monoisotopic (exact) mass is 649 g/mol. The second kappa shape index (κ2) is 10.6. The number of aliphatic imine (C=N–C) groups is 1. The number of esters is 1. The molecule has 0 bridgehead atoms. The summed E-state index contributed by atoms with van der Waals surface area (Å²) in [7, 11) is 0. The van der Waals surface area contributed by atoms with E-state index in [0.29, 0.717) is 18.2 Å². The number of carbonyl (C=O) groups excluding carboxylic acids is 1. The fourth-order valence-electron chi connectivity index (χ4n) is 3.25. The zero-order valence-corrected chi connectivity index (χ0v) is 21.8. The first kappa shape index (κ1) is 23.0. The first-order valence-electron chi connectivity index (χ1n) is 10.4. The van der Waals surface area contributed by atoms with Gasteiger partial charge in [-0.15, -0.1) is 0 Å². The molecular weight excluding hydrogens is 628 g/mol. The predicted octanol–water partition coefficient (Wildman–Crippen LogP) is 7.09. The molecule has 0 N–H and O–H groups in total. The van der Waals surface area contributed by atoms with Crippen molar-refractivity contribution in [3.05, 3.63) is 90.7 Å². The van der Waals surface area contributed by atoms with Crippen molar-refractivity contribution in [2.24, 2.45) is 4.99 Å². The number of ether oxygens (including phenoxy) is 2. The average molecular weight is 649 g/mol. The minimum atomic E-state index is -0.444. The summed E-state index contributed by atoms with van der Waals surface area (Å²) in [4.78, 5) is 16.9. The molecule has 1 heterocycles. The number of nitrogens with zero attached hydrogens (tertiary/aromatic N) is 1. The van der Waals surface area contributed by atoms with Crippen LogP contribution in [0.3, 0.4) is 0 Å². The lowest BCUT2D eigenvalue weighted by atomic mass is 10.0. The Labute approximate surface area is 215 Å². The minimum absolute atomic E-state index is 0.290. The molecule has 3 aromatic rings. The Balaban J connectivity index is 1.55. The number of unbranched alkanes of at least 4 members (excludes halogenated alkanes) is 1. The van der Waals surface area contributed by atoms with Gasteiger partial charge in [-0.2, -0.15) is 0 Å². The molecule has 4 rings (SSSR count). The number of benzene rings is 3. The van der Waals surface area contributed by atoms with Crippen LogP contribution >= 0.6 is 45.2 Å². The molecule has 32 heavy (non-hydrogen) atoms. The number of rotatable bonds is 7. The van der Waals surface area contributed by atoms with Crippen molar-refractivity contribution in [3.63, 3.8) is 0 Å². The van der Waals surface area contributed by atoms with Crippen LogP contribution in [-0.4, -0.2) is 18.5 Å². The summed E-state index contributed by atoms with van der Waals surface area (Å²) >= 11 is 4.53. The van der Waals surface area contributed by atoms with E-state index in [2.05, 4.69) is 69.2 Å². The van der Waals surface area contributed by atoms with Crippen LogP contribution in [0.25, 0.3) is 17.2 Å². The summed E-state index contributed by atoms with van der Waals surface area (Å²) < 4.78 is 13.4. The number of carbonyl (C=O) groups is 1. The van der Waals surface area contributed by atoms with E-state index in [1.807, 2.05) is 54.6 Å². The quantitative estimate of drug-likeness (QED) is 0.119. The van der Waals surface area contributed by atoms with Crippen LogP contribution in [0, 0.1) is 7.14 Å². The Bertz CT molecular complexity index is 1160. The third kappa shape index (κ3) is 5.40. The van der Waals surface area contributed by atoms with Crippen LogP contribution in [0.2, 0.25) is 0 Å². The van der Waals surface area contributed by atoms with Crippen molar-refractivity contribution < 1.29 is 14.3 Å². The summed E-state index contributed by atoms with van der Waals surface area (Å²) in [5.74, 6) is 0.767. The summed E-state index contributed by atoms with van der Waals surface area (Å²) in [5, 5.41) is 0. The van der Waals surface area contributed by atoms with Crippen LogP contribution in [0.1, 0.15) is 30.9 Å². The number of halogens is 2. The zero-order valence-electron chi connectivity index (χ0n) is 17.5. The molecule has 0 amide bonds. The summed E-state index contributed by atoms with van der Waals surface area (Å²) in [6, 6.07) is 22.0. The number of hydrogen-bond acceptors (Lipinski definition) is 4. The van der Waals surface area contributed by atoms with Gasteiger partial charge in [-0.25, -0.2) is 9.79 Å². The Morgan fingerprint density at radius 1 is 0.938 bits per heavy atom. The SMILES string of the molecule is CCCCOc1c(I)cc(/C=C2\N=C(c3ccc(-c4ccccc4)cc3)OC2=O)cc1I. The molecule has 4 nitrogen and oxygen atoms in total. The van der Waals surface area contributed by atoms with Gasteiger partial charge in [0.05, 0.1) is 13.7 Å². The van der Waals surface area contributed by atoms with E-state index in [1.165, 1.54) is 0 Å². The molecular formula is C26H21I2NO3. The maximum Gasteiger partial charge on any atom is 0.363 e. The van der Waals surface area contributed by atoms with Crippen LogP contribution in [-0.2, 0) is 9.53 Å². The molecule has 162 valence electrons. The highest BCUT2D eigenvalue weighted by atomic mass is 127. The largest absolute Gasteiger partial charge is 0.491 e. The Morgan fingerprint density at radius 2 is 1.56 bits per heavy atom. The fraction of sp³-hybridized carbons (Fsp3) is 0.154. The van der Waals surface area contributed by atoms with Gasteiger partial charge in [0.25, 0.3) is 0 Å². The topological polar surface area (TPSA) is 47.9 Å². The molecule has 1 aliphatic heterocycles. The highest BCUT2D eigenvalue weighted by Gasteiger charge is 2.24. The van der Waals surface area contributed by atoms with Crippen molar-refractivity contribution in [3.8, 4) is 16.9 Å². The highest BCUT2D eigenvalue weighted by Crippen LogP contribution is 2.31. The molecule has 0 fully saturated rings. The minimum Gasteiger partial charge on any atom is -0.491 e. The van der Waals surface area contributed by atoms with E-state index in [9.17, 15) is 4.79 Å². The van der Waals surface area contributed by atoms with E-state index < -0.39 is 5.97 Å². The van der Waals surface area contributed by atoms with Crippen molar-refractivity contribution >= 4 is 63.1 Å². The van der Waals surface area contributed by atoms with Crippen molar-refractivity contribution in [2.45, 2.75) is 19.8 Å². The van der Waals surface area contributed by atoms with Crippen molar-refractivity contribution in [1.29, 1.82) is 0 Å². The zero-order chi connectivity index (χ0) is 22.5. The molecule has 0 saturated heterocycles. The normalized spacial score (nSPS) is 14.4. The molecule has 6 heteroatoms. The average Bonchev–Trinajstić information content (AvgIpc) is 3.16. The molecule has 0 aliphatic carbocycles. The molecule has 0 atom stereocenters. The summed E-state index contributed by atoms with van der Waals surface area (Å²) in [5.41, 5.74) is 4.18. The smallest absolute Gasteiger partial charge is 0.363 e. The molecule has 0 radical (unpaired) electrons. The van der Waals surface area contributed by atoms with E-state index in [-0.39, 0.29) is 0 Å². The second-order valence-electron chi connectivity index (χ2n) is 7.30. The van der Waals surface area contributed by atoms with Crippen LogP contribution in [0.15, 0.2) is 77.4 Å². The Morgan fingerprint density at radius 3 is 2.22 bits per heavy atom. The van der Waals surface area contributed by atoms with Gasteiger partial charge in [0.2, 0.25) is 5.90 Å². The maximum absolute atomic E-state index is 12.4. The van der Waals surface area contributed by atoms with Gasteiger partial charge in [0.15, 0.2) is 5.70 Å². The first-order valence-corrected chi connectivity index (χ1v) is 12.5. The van der Waals surface area contributed by atoms with Gasteiger partial charge >= 0.3 is 5.97 Å². The summed E-state index contributed by atoms with van der Waals surface area (Å²) in [6.07, 6.45) is 3.87. The molecule has 0 aromatic heterocycles. The highest BCUT2D eigenvalue weighted by molar-refractivity contribution is 14.1. The van der Waals surface area contributed by atoms with E-state index in [4.69, 9.17) is 9.47 Å². The van der Waals surface area contributed by atoms with E-state index in [0.717, 1.165) is 48.0 Å². The van der Waals surface area contributed by atoms with Crippen molar-refractivity contribution in [1.82, 2.24) is 0 Å². The molecule has 1 aliphatic rings. The van der Waals surface area contributed by atoms with Gasteiger partial charge in [-0.05, 0) is 98.6 Å². The van der Waals surface area contributed by atoms with Gasteiger partial charge in [0.1, 0.15) is 5.75 Å². The third-order valence-electron chi connectivity index (χ3n) is 4.93. The van der Waals surface area contributed by atoms with Gasteiger partial charge in [-0.1, -0.05) is 55.8 Å².